The Labute approximate surface area is 92.2 Å². The summed E-state index contributed by atoms with van der Waals surface area (Å²) in [6, 6.07) is 0. The standard InChI is InChI=1S/C11H20O3S/c1-9-4-3-5-11(8-9)15(13,14)7-6-10(2)12/h9,11H,3-8H2,1-2H3. The molecule has 0 bridgehead atoms. The predicted molar refractivity (Wildman–Crippen MR) is 60.5 cm³/mol. The molecular weight excluding hydrogens is 212 g/mol. The highest BCUT2D eigenvalue weighted by molar-refractivity contribution is 7.92. The van der Waals surface area contributed by atoms with Gasteiger partial charge in [-0.2, -0.15) is 0 Å². The number of ketones is 1. The smallest absolute Gasteiger partial charge is 0.153 e. The normalized spacial score (nSPS) is 27.6. The van der Waals surface area contributed by atoms with E-state index in [4.69, 9.17) is 0 Å². The molecule has 1 fully saturated rings. The molecule has 15 heavy (non-hydrogen) atoms. The van der Waals surface area contributed by atoms with E-state index in [2.05, 4.69) is 6.92 Å². The van der Waals surface area contributed by atoms with Crippen molar-refractivity contribution >= 4 is 15.6 Å². The molecule has 4 heteroatoms. The zero-order chi connectivity index (χ0) is 11.5. The molecule has 0 saturated heterocycles. The first kappa shape index (κ1) is 12.7. The van der Waals surface area contributed by atoms with Crippen molar-refractivity contribution in [2.75, 3.05) is 5.75 Å². The lowest BCUT2D eigenvalue weighted by atomic mass is 9.91. The predicted octanol–water partition coefficient (Wildman–Crippen LogP) is 1.96. The zero-order valence-corrected chi connectivity index (χ0v) is 10.3. The minimum atomic E-state index is -3.03. The van der Waals surface area contributed by atoms with E-state index in [1.54, 1.807) is 0 Å². The minimum Gasteiger partial charge on any atom is -0.300 e. The molecule has 1 aliphatic rings. The lowest BCUT2D eigenvalue weighted by Gasteiger charge is -2.26. The third-order valence-electron chi connectivity index (χ3n) is 3.13. The molecule has 0 radical (unpaired) electrons. The SMILES string of the molecule is CC(=O)CCS(=O)(=O)C1CCCC(C)C1. The van der Waals surface area contributed by atoms with Gasteiger partial charge < -0.3 is 0 Å². The molecule has 1 saturated carbocycles. The van der Waals surface area contributed by atoms with Gasteiger partial charge in [0.2, 0.25) is 0 Å². The van der Waals surface area contributed by atoms with Gasteiger partial charge >= 0.3 is 0 Å². The fraction of sp³-hybridized carbons (Fsp3) is 0.909. The molecular formula is C11H20O3S. The van der Waals surface area contributed by atoms with Crippen molar-refractivity contribution in [3.63, 3.8) is 0 Å². The number of carbonyl (C=O) groups is 1. The van der Waals surface area contributed by atoms with Gasteiger partial charge in [-0.15, -0.1) is 0 Å². The van der Waals surface area contributed by atoms with E-state index in [1.165, 1.54) is 6.92 Å². The maximum atomic E-state index is 11.9. The number of hydrogen-bond acceptors (Lipinski definition) is 3. The van der Waals surface area contributed by atoms with Crippen LogP contribution in [0.25, 0.3) is 0 Å². The summed E-state index contributed by atoms with van der Waals surface area (Å²) in [7, 11) is -3.03. The lowest BCUT2D eigenvalue weighted by molar-refractivity contribution is -0.116. The average molecular weight is 232 g/mol. The Hall–Kier alpha value is -0.380. The minimum absolute atomic E-state index is 0.0394. The molecule has 1 rings (SSSR count). The third kappa shape index (κ3) is 3.93. The summed E-state index contributed by atoms with van der Waals surface area (Å²) in [6.45, 7) is 3.55. The Bertz CT molecular complexity index is 319. The Morgan fingerprint density at radius 1 is 1.33 bits per heavy atom. The van der Waals surface area contributed by atoms with E-state index in [-0.39, 0.29) is 23.2 Å². The quantitative estimate of drug-likeness (QED) is 0.744. The van der Waals surface area contributed by atoms with Crippen LogP contribution in [0.4, 0.5) is 0 Å². The summed E-state index contributed by atoms with van der Waals surface area (Å²) in [5.74, 6) is 0.512. The summed E-state index contributed by atoms with van der Waals surface area (Å²) < 4.78 is 23.8. The van der Waals surface area contributed by atoms with Crippen LogP contribution in [0.2, 0.25) is 0 Å². The topological polar surface area (TPSA) is 51.2 Å². The van der Waals surface area contributed by atoms with Crippen LogP contribution in [0.1, 0.15) is 46.0 Å². The molecule has 0 amide bonds. The Kier molecular flexibility index (Phi) is 4.32. The van der Waals surface area contributed by atoms with E-state index in [0.29, 0.717) is 5.92 Å². The van der Waals surface area contributed by atoms with Gasteiger partial charge in [-0.3, -0.25) is 4.79 Å². The second-order valence-corrected chi connectivity index (χ2v) is 7.11. The number of carbonyl (C=O) groups excluding carboxylic acids is 1. The first-order valence-corrected chi connectivity index (χ1v) is 7.34. The van der Waals surface area contributed by atoms with Gasteiger partial charge in [0.05, 0.1) is 11.0 Å². The van der Waals surface area contributed by atoms with Gasteiger partial charge in [0.15, 0.2) is 9.84 Å². The van der Waals surface area contributed by atoms with Gasteiger partial charge in [0, 0.05) is 6.42 Å². The van der Waals surface area contributed by atoms with E-state index >= 15 is 0 Å². The highest BCUT2D eigenvalue weighted by atomic mass is 32.2. The molecule has 2 atom stereocenters. The van der Waals surface area contributed by atoms with E-state index in [0.717, 1.165) is 25.7 Å². The zero-order valence-electron chi connectivity index (χ0n) is 9.53. The van der Waals surface area contributed by atoms with Gasteiger partial charge in [0.25, 0.3) is 0 Å². The number of Topliss-reactive ketones (excluding diaryl/α,β-unsaturated/α-hetero) is 1. The monoisotopic (exact) mass is 232 g/mol. The van der Waals surface area contributed by atoms with Crippen LogP contribution in [0.5, 0.6) is 0 Å². The first-order chi connectivity index (χ1) is 6.92. The molecule has 0 N–H and O–H groups in total. The summed E-state index contributed by atoms with van der Waals surface area (Å²) in [4.78, 5) is 10.8. The molecule has 0 heterocycles. The number of hydrogen-bond donors (Lipinski definition) is 0. The maximum Gasteiger partial charge on any atom is 0.153 e. The van der Waals surface area contributed by atoms with Crippen molar-refractivity contribution in [1.29, 1.82) is 0 Å². The first-order valence-electron chi connectivity index (χ1n) is 5.63. The van der Waals surface area contributed by atoms with Gasteiger partial charge in [0.1, 0.15) is 5.78 Å². The largest absolute Gasteiger partial charge is 0.300 e. The van der Waals surface area contributed by atoms with Crippen LogP contribution in [-0.2, 0) is 14.6 Å². The highest BCUT2D eigenvalue weighted by Gasteiger charge is 2.29. The molecule has 88 valence electrons. The van der Waals surface area contributed by atoms with E-state index in [1.807, 2.05) is 0 Å². The van der Waals surface area contributed by atoms with Crippen LogP contribution >= 0.6 is 0 Å². The molecule has 2 unspecified atom stereocenters. The van der Waals surface area contributed by atoms with Crippen LogP contribution in [-0.4, -0.2) is 25.2 Å². The van der Waals surface area contributed by atoms with Crippen molar-refractivity contribution in [2.24, 2.45) is 5.92 Å². The fourth-order valence-electron chi connectivity index (χ4n) is 2.16. The molecule has 0 spiro atoms. The highest BCUT2D eigenvalue weighted by Crippen LogP contribution is 2.28. The van der Waals surface area contributed by atoms with Crippen LogP contribution in [0, 0.1) is 5.92 Å². The number of rotatable bonds is 4. The second-order valence-electron chi connectivity index (χ2n) is 4.71. The second kappa shape index (κ2) is 5.10. The van der Waals surface area contributed by atoms with E-state index < -0.39 is 9.84 Å². The fourth-order valence-corrected chi connectivity index (χ4v) is 4.21. The maximum absolute atomic E-state index is 11.9. The van der Waals surface area contributed by atoms with Crippen molar-refractivity contribution in [3.8, 4) is 0 Å². The van der Waals surface area contributed by atoms with Crippen molar-refractivity contribution in [1.82, 2.24) is 0 Å². The van der Waals surface area contributed by atoms with Gasteiger partial charge in [-0.1, -0.05) is 19.8 Å². The average Bonchev–Trinajstić information content (AvgIpc) is 2.15. The summed E-state index contributed by atoms with van der Waals surface area (Å²) in [5.41, 5.74) is 0. The van der Waals surface area contributed by atoms with Gasteiger partial charge in [-0.05, 0) is 25.7 Å². The van der Waals surface area contributed by atoms with Crippen molar-refractivity contribution in [2.45, 2.75) is 51.2 Å². The van der Waals surface area contributed by atoms with E-state index in [9.17, 15) is 13.2 Å². The summed E-state index contributed by atoms with van der Waals surface area (Å²) >= 11 is 0. The van der Waals surface area contributed by atoms with Crippen LogP contribution in [0.15, 0.2) is 0 Å². The van der Waals surface area contributed by atoms with Crippen molar-refractivity contribution < 1.29 is 13.2 Å². The summed E-state index contributed by atoms with van der Waals surface area (Å²) in [6.07, 6.45) is 3.88. The molecule has 3 nitrogen and oxygen atoms in total. The Balaban J connectivity index is 2.56. The molecule has 1 aliphatic carbocycles. The number of sulfone groups is 1. The van der Waals surface area contributed by atoms with Crippen molar-refractivity contribution in [3.05, 3.63) is 0 Å². The third-order valence-corrected chi connectivity index (χ3v) is 5.35. The lowest BCUT2D eigenvalue weighted by Crippen LogP contribution is -2.29. The molecule has 0 aliphatic heterocycles. The van der Waals surface area contributed by atoms with Crippen LogP contribution < -0.4 is 0 Å². The molecule has 0 aromatic carbocycles. The Morgan fingerprint density at radius 3 is 2.53 bits per heavy atom. The van der Waals surface area contributed by atoms with Crippen LogP contribution in [0.3, 0.4) is 0 Å². The molecule has 0 aromatic rings. The Morgan fingerprint density at radius 2 is 2.00 bits per heavy atom. The van der Waals surface area contributed by atoms with Gasteiger partial charge in [-0.25, -0.2) is 8.42 Å². The molecule has 0 aromatic heterocycles. The summed E-state index contributed by atoms with van der Waals surface area (Å²) in [5, 5.41) is -0.194.